The van der Waals surface area contributed by atoms with Crippen molar-refractivity contribution < 1.29 is 4.79 Å². The van der Waals surface area contributed by atoms with Gasteiger partial charge >= 0.3 is 0 Å². The third-order valence-corrected chi connectivity index (χ3v) is 6.14. The van der Waals surface area contributed by atoms with E-state index in [4.69, 9.17) is 0 Å². The summed E-state index contributed by atoms with van der Waals surface area (Å²) < 4.78 is 0. The van der Waals surface area contributed by atoms with Gasteiger partial charge in [-0.2, -0.15) is 0 Å². The SMILES string of the molecule is C=C(C)C(=O)N(CCC)CCC.CC1CCC(NC2CCC(C)CC2)CC1. The standard InChI is InChI=1S/C14H27N.C10H19NO/c1-11-3-7-13(8-4-11)15-14-9-5-12(2)6-10-14;1-5-7-11(8-6-2)10(12)9(3)4/h11-15H,3-10H2,1-2H3;3,5-8H2,1-2,4H3. The molecule has 1 N–H and O–H groups in total. The summed E-state index contributed by atoms with van der Waals surface area (Å²) >= 11 is 0. The van der Waals surface area contributed by atoms with Crippen molar-refractivity contribution in [3.05, 3.63) is 12.2 Å². The lowest BCUT2D eigenvalue weighted by molar-refractivity contribution is -0.127. The molecule has 2 rings (SSSR count). The highest BCUT2D eigenvalue weighted by Crippen LogP contribution is 2.27. The summed E-state index contributed by atoms with van der Waals surface area (Å²) in [5.74, 6) is 2.06. The third kappa shape index (κ3) is 9.78. The number of carbonyl (C=O) groups excluding carboxylic acids is 1. The topological polar surface area (TPSA) is 32.3 Å². The molecule has 3 nitrogen and oxygen atoms in total. The fourth-order valence-electron chi connectivity index (χ4n) is 4.31. The Morgan fingerprint density at radius 1 is 0.852 bits per heavy atom. The predicted octanol–water partition coefficient (Wildman–Crippen LogP) is 5.94. The molecule has 2 fully saturated rings. The molecule has 0 aromatic heterocycles. The fourth-order valence-corrected chi connectivity index (χ4v) is 4.31. The summed E-state index contributed by atoms with van der Waals surface area (Å²) in [6.45, 7) is 16.1. The van der Waals surface area contributed by atoms with Crippen molar-refractivity contribution in [2.24, 2.45) is 11.8 Å². The average molecular weight is 379 g/mol. The van der Waals surface area contributed by atoms with Crippen LogP contribution >= 0.6 is 0 Å². The van der Waals surface area contributed by atoms with E-state index in [0.29, 0.717) is 5.57 Å². The van der Waals surface area contributed by atoms with Crippen molar-refractivity contribution >= 4 is 5.91 Å². The van der Waals surface area contributed by atoms with Crippen LogP contribution in [0.4, 0.5) is 0 Å². The fraction of sp³-hybridized carbons (Fsp3) is 0.875. The number of nitrogens with zero attached hydrogens (tertiary/aromatic N) is 1. The molecule has 2 aliphatic carbocycles. The molecule has 27 heavy (non-hydrogen) atoms. The Kier molecular flexibility index (Phi) is 12.0. The molecular weight excluding hydrogens is 332 g/mol. The first-order chi connectivity index (χ1) is 12.9. The van der Waals surface area contributed by atoms with Crippen molar-refractivity contribution in [2.45, 2.75) is 111 Å². The van der Waals surface area contributed by atoms with Crippen LogP contribution in [0, 0.1) is 11.8 Å². The number of amides is 1. The molecule has 1 amide bonds. The maximum Gasteiger partial charge on any atom is 0.248 e. The van der Waals surface area contributed by atoms with Gasteiger partial charge in [-0.3, -0.25) is 4.79 Å². The van der Waals surface area contributed by atoms with Crippen molar-refractivity contribution in [3.8, 4) is 0 Å². The van der Waals surface area contributed by atoms with Crippen LogP contribution in [-0.2, 0) is 4.79 Å². The second-order valence-electron chi connectivity index (χ2n) is 9.15. The molecule has 0 bridgehead atoms. The number of nitrogens with one attached hydrogen (secondary N) is 1. The molecule has 0 unspecified atom stereocenters. The molecule has 0 aliphatic heterocycles. The first-order valence-electron chi connectivity index (χ1n) is 11.6. The predicted molar refractivity (Wildman–Crippen MR) is 118 cm³/mol. The van der Waals surface area contributed by atoms with E-state index in [1.54, 1.807) is 6.92 Å². The maximum absolute atomic E-state index is 11.4. The van der Waals surface area contributed by atoms with Gasteiger partial charge in [-0.05, 0) is 83.0 Å². The summed E-state index contributed by atoms with van der Waals surface area (Å²) in [4.78, 5) is 13.3. The Hall–Kier alpha value is -0.830. The van der Waals surface area contributed by atoms with Crippen LogP contribution in [-0.4, -0.2) is 36.0 Å². The number of rotatable bonds is 7. The van der Waals surface area contributed by atoms with E-state index in [-0.39, 0.29) is 5.91 Å². The first kappa shape index (κ1) is 24.2. The third-order valence-electron chi connectivity index (χ3n) is 6.14. The zero-order valence-electron chi connectivity index (χ0n) is 18.9. The summed E-state index contributed by atoms with van der Waals surface area (Å²) in [6, 6.07) is 1.69. The zero-order valence-corrected chi connectivity index (χ0v) is 18.9. The van der Waals surface area contributed by atoms with Crippen LogP contribution in [0.2, 0.25) is 0 Å². The normalized spacial score (nSPS) is 28.0. The van der Waals surface area contributed by atoms with Crippen LogP contribution < -0.4 is 5.32 Å². The lowest BCUT2D eigenvalue weighted by atomic mass is 9.84. The molecule has 0 radical (unpaired) electrons. The zero-order chi connectivity index (χ0) is 20.2. The van der Waals surface area contributed by atoms with Crippen LogP contribution in [0.25, 0.3) is 0 Å². The molecule has 0 aromatic rings. The van der Waals surface area contributed by atoms with Crippen molar-refractivity contribution in [3.63, 3.8) is 0 Å². The molecular formula is C24H46N2O. The molecule has 0 saturated heterocycles. The van der Waals surface area contributed by atoms with Gasteiger partial charge in [-0.25, -0.2) is 0 Å². The molecule has 0 heterocycles. The van der Waals surface area contributed by atoms with Crippen molar-refractivity contribution in [1.82, 2.24) is 10.2 Å². The molecule has 2 saturated carbocycles. The lowest BCUT2D eigenvalue weighted by Crippen LogP contribution is -2.41. The first-order valence-corrected chi connectivity index (χ1v) is 11.6. The van der Waals surface area contributed by atoms with Gasteiger partial charge in [0, 0.05) is 30.7 Å². The molecule has 0 spiro atoms. The minimum absolute atomic E-state index is 0.0960. The van der Waals surface area contributed by atoms with Gasteiger partial charge in [0.05, 0.1) is 0 Å². The maximum atomic E-state index is 11.4. The highest BCUT2D eigenvalue weighted by molar-refractivity contribution is 5.92. The Morgan fingerprint density at radius 2 is 1.22 bits per heavy atom. The van der Waals surface area contributed by atoms with Gasteiger partial charge in [0.2, 0.25) is 5.91 Å². The van der Waals surface area contributed by atoms with E-state index in [2.05, 4.69) is 39.6 Å². The second kappa shape index (κ2) is 13.4. The van der Waals surface area contributed by atoms with Gasteiger partial charge in [0.1, 0.15) is 0 Å². The van der Waals surface area contributed by atoms with Gasteiger partial charge in [-0.1, -0.05) is 34.3 Å². The van der Waals surface area contributed by atoms with Crippen LogP contribution in [0.1, 0.15) is 98.8 Å². The Morgan fingerprint density at radius 3 is 1.52 bits per heavy atom. The summed E-state index contributed by atoms with van der Waals surface area (Å²) in [7, 11) is 0. The quantitative estimate of drug-likeness (QED) is 0.556. The average Bonchev–Trinajstić information content (AvgIpc) is 2.65. The van der Waals surface area contributed by atoms with Crippen molar-refractivity contribution in [2.75, 3.05) is 13.1 Å². The van der Waals surface area contributed by atoms with E-state index < -0.39 is 0 Å². The summed E-state index contributed by atoms with van der Waals surface area (Å²) in [5.41, 5.74) is 0.636. The molecule has 3 heteroatoms. The van der Waals surface area contributed by atoms with Gasteiger partial charge in [0.15, 0.2) is 0 Å². The van der Waals surface area contributed by atoms with E-state index >= 15 is 0 Å². The highest BCUT2D eigenvalue weighted by atomic mass is 16.2. The highest BCUT2D eigenvalue weighted by Gasteiger charge is 2.23. The Balaban J connectivity index is 0.000000279. The van der Waals surface area contributed by atoms with Crippen LogP contribution in [0.15, 0.2) is 12.2 Å². The van der Waals surface area contributed by atoms with Gasteiger partial charge < -0.3 is 10.2 Å². The molecule has 0 atom stereocenters. The van der Waals surface area contributed by atoms with E-state index in [1.165, 1.54) is 51.4 Å². The number of carbonyl (C=O) groups is 1. The minimum atomic E-state index is 0.0960. The molecule has 158 valence electrons. The minimum Gasteiger partial charge on any atom is -0.339 e. The summed E-state index contributed by atoms with van der Waals surface area (Å²) in [5, 5.41) is 3.90. The van der Waals surface area contributed by atoms with Crippen LogP contribution in [0.3, 0.4) is 0 Å². The van der Waals surface area contributed by atoms with E-state index in [9.17, 15) is 4.79 Å². The summed E-state index contributed by atoms with van der Waals surface area (Å²) in [6.07, 6.45) is 13.5. The lowest BCUT2D eigenvalue weighted by Gasteiger charge is -2.34. The van der Waals surface area contributed by atoms with Gasteiger partial charge in [0.25, 0.3) is 0 Å². The smallest absolute Gasteiger partial charge is 0.248 e. The Bertz CT molecular complexity index is 392. The van der Waals surface area contributed by atoms with E-state index in [1.807, 2.05) is 4.90 Å². The van der Waals surface area contributed by atoms with Crippen LogP contribution in [0.5, 0.6) is 0 Å². The van der Waals surface area contributed by atoms with Crippen molar-refractivity contribution in [1.29, 1.82) is 0 Å². The second-order valence-corrected chi connectivity index (χ2v) is 9.15. The van der Waals surface area contributed by atoms with E-state index in [0.717, 1.165) is 49.9 Å². The number of hydrogen-bond donors (Lipinski definition) is 1. The largest absolute Gasteiger partial charge is 0.339 e. The van der Waals surface area contributed by atoms with Gasteiger partial charge in [-0.15, -0.1) is 0 Å². The Labute approximate surface area is 169 Å². The number of hydrogen-bond acceptors (Lipinski definition) is 2. The molecule has 2 aliphatic rings. The monoisotopic (exact) mass is 378 g/mol. The molecule has 0 aromatic carbocycles.